The first-order valence-electron chi connectivity index (χ1n) is 6.14. The van der Waals surface area contributed by atoms with Crippen LogP contribution in [0.3, 0.4) is 0 Å². The van der Waals surface area contributed by atoms with Gasteiger partial charge in [-0.1, -0.05) is 0 Å². The van der Waals surface area contributed by atoms with Crippen molar-refractivity contribution in [3.8, 4) is 0 Å². The third kappa shape index (κ3) is 4.07. The molecule has 6 nitrogen and oxygen atoms in total. The number of nitrogens with one attached hydrogen (secondary N) is 1. The summed E-state index contributed by atoms with van der Waals surface area (Å²) in [5.41, 5.74) is 0.761. The van der Waals surface area contributed by atoms with Crippen molar-refractivity contribution >= 4 is 15.5 Å². The van der Waals surface area contributed by atoms with Gasteiger partial charge in [-0.2, -0.15) is 5.10 Å². The summed E-state index contributed by atoms with van der Waals surface area (Å²) >= 11 is 0. The molecular weight excluding hydrogens is 278 g/mol. The molecule has 1 aromatic heterocycles. The van der Waals surface area contributed by atoms with Crippen LogP contribution in [-0.2, 0) is 16.4 Å². The first-order valence-corrected chi connectivity index (χ1v) is 8.04. The Bertz CT molecular complexity index is 636. The fourth-order valence-electron chi connectivity index (χ4n) is 1.74. The topological polar surface area (TPSA) is 84.2 Å². The zero-order valence-electron chi connectivity index (χ0n) is 11.1. The monoisotopic (exact) mass is 295 g/mol. The van der Waals surface area contributed by atoms with E-state index in [0.717, 1.165) is 5.69 Å². The van der Waals surface area contributed by atoms with Crippen molar-refractivity contribution in [1.82, 2.24) is 9.78 Å². The Balaban J connectivity index is 1.88. The molecule has 0 saturated heterocycles. The van der Waals surface area contributed by atoms with Crippen molar-refractivity contribution in [2.75, 3.05) is 18.1 Å². The van der Waals surface area contributed by atoms with Crippen molar-refractivity contribution in [2.24, 2.45) is 0 Å². The maximum atomic E-state index is 11.3. The number of hydrogen-bond donors (Lipinski definition) is 2. The van der Waals surface area contributed by atoms with Gasteiger partial charge in [0.1, 0.15) is 0 Å². The normalized spacial score (nSPS) is 13.1. The predicted molar refractivity (Wildman–Crippen MR) is 76.3 cm³/mol. The number of nitrogens with zero attached hydrogens (tertiary/aromatic N) is 2. The summed E-state index contributed by atoms with van der Waals surface area (Å²) in [7, 11) is -3.17. The molecule has 1 aromatic carbocycles. The lowest BCUT2D eigenvalue weighted by Crippen LogP contribution is -2.25. The Kier molecular flexibility index (Phi) is 4.41. The fraction of sp³-hybridized carbons (Fsp3) is 0.308. The third-order valence-corrected chi connectivity index (χ3v) is 3.91. The molecular formula is C13H17N3O3S. The molecule has 7 heteroatoms. The number of hydrogen-bond acceptors (Lipinski definition) is 5. The van der Waals surface area contributed by atoms with Gasteiger partial charge in [0.25, 0.3) is 0 Å². The molecule has 0 saturated carbocycles. The Hall–Kier alpha value is -1.86. The second kappa shape index (κ2) is 6.06. The molecule has 2 N–H and O–H groups in total. The highest BCUT2D eigenvalue weighted by molar-refractivity contribution is 7.90. The number of aromatic nitrogens is 2. The van der Waals surface area contributed by atoms with E-state index in [1.807, 2.05) is 0 Å². The number of rotatable bonds is 6. The van der Waals surface area contributed by atoms with E-state index in [1.54, 1.807) is 35.3 Å². The predicted octanol–water partition coefficient (Wildman–Crippen LogP) is 0.760. The largest absolute Gasteiger partial charge is 0.389 e. The summed E-state index contributed by atoms with van der Waals surface area (Å²) < 4.78 is 24.3. The molecule has 0 bridgehead atoms. The second-order valence-corrected chi connectivity index (χ2v) is 6.58. The minimum absolute atomic E-state index is 0.278. The van der Waals surface area contributed by atoms with Crippen LogP contribution in [0.4, 0.5) is 5.69 Å². The first kappa shape index (κ1) is 14.5. The molecule has 20 heavy (non-hydrogen) atoms. The first-order chi connectivity index (χ1) is 9.45. The van der Waals surface area contributed by atoms with Crippen LogP contribution in [0, 0.1) is 0 Å². The molecule has 2 rings (SSSR count). The van der Waals surface area contributed by atoms with E-state index in [1.165, 1.54) is 18.4 Å². The summed E-state index contributed by atoms with van der Waals surface area (Å²) in [6.45, 7) is 0.763. The van der Waals surface area contributed by atoms with Gasteiger partial charge in [-0.25, -0.2) is 8.42 Å². The van der Waals surface area contributed by atoms with E-state index in [2.05, 4.69) is 10.4 Å². The Labute approximate surface area is 118 Å². The maximum absolute atomic E-state index is 11.3. The molecule has 0 aliphatic rings. The average Bonchev–Trinajstić information content (AvgIpc) is 2.88. The van der Waals surface area contributed by atoms with Crippen LogP contribution in [0.15, 0.2) is 47.6 Å². The zero-order chi connectivity index (χ0) is 14.6. The number of sulfone groups is 1. The minimum atomic E-state index is -3.17. The van der Waals surface area contributed by atoms with E-state index in [-0.39, 0.29) is 4.90 Å². The lowest BCUT2D eigenvalue weighted by Gasteiger charge is -2.13. The zero-order valence-corrected chi connectivity index (χ0v) is 11.9. The molecule has 2 aromatic rings. The van der Waals surface area contributed by atoms with Crippen LogP contribution < -0.4 is 5.32 Å². The van der Waals surface area contributed by atoms with Crippen LogP contribution in [0.1, 0.15) is 0 Å². The van der Waals surface area contributed by atoms with Gasteiger partial charge in [0, 0.05) is 30.9 Å². The maximum Gasteiger partial charge on any atom is 0.175 e. The highest BCUT2D eigenvalue weighted by Gasteiger charge is 2.07. The summed E-state index contributed by atoms with van der Waals surface area (Å²) in [5, 5.41) is 16.9. The van der Waals surface area contributed by atoms with Crippen LogP contribution in [0.5, 0.6) is 0 Å². The van der Waals surface area contributed by atoms with Gasteiger partial charge in [0.15, 0.2) is 9.84 Å². The van der Waals surface area contributed by atoms with Crippen molar-refractivity contribution in [1.29, 1.82) is 0 Å². The summed E-state index contributed by atoms with van der Waals surface area (Å²) in [5.74, 6) is 0. The van der Waals surface area contributed by atoms with Gasteiger partial charge < -0.3 is 10.4 Å². The lowest BCUT2D eigenvalue weighted by atomic mass is 10.3. The third-order valence-electron chi connectivity index (χ3n) is 2.78. The molecule has 0 aliphatic heterocycles. The second-order valence-electron chi connectivity index (χ2n) is 4.56. The van der Waals surface area contributed by atoms with Crippen LogP contribution >= 0.6 is 0 Å². The van der Waals surface area contributed by atoms with Gasteiger partial charge in [0.2, 0.25) is 0 Å². The SMILES string of the molecule is CS(=O)(=O)c1ccc(NCC(O)Cn2cccn2)cc1. The molecule has 1 atom stereocenters. The molecule has 1 unspecified atom stereocenters. The summed E-state index contributed by atoms with van der Waals surface area (Å²) in [6.07, 6.45) is 4.03. The van der Waals surface area contributed by atoms with Crippen LogP contribution in [0.25, 0.3) is 0 Å². The van der Waals surface area contributed by atoms with E-state index >= 15 is 0 Å². The summed E-state index contributed by atoms with van der Waals surface area (Å²) in [4.78, 5) is 0.278. The molecule has 1 heterocycles. The lowest BCUT2D eigenvalue weighted by molar-refractivity contribution is 0.161. The Morgan fingerprint density at radius 3 is 2.60 bits per heavy atom. The highest BCUT2D eigenvalue weighted by atomic mass is 32.2. The Morgan fingerprint density at radius 1 is 1.35 bits per heavy atom. The van der Waals surface area contributed by atoms with Gasteiger partial charge in [-0.05, 0) is 30.3 Å². The molecule has 108 valence electrons. The van der Waals surface area contributed by atoms with E-state index in [4.69, 9.17) is 0 Å². The van der Waals surface area contributed by atoms with Gasteiger partial charge >= 0.3 is 0 Å². The molecule has 0 amide bonds. The van der Waals surface area contributed by atoms with E-state index in [0.29, 0.717) is 13.1 Å². The molecule has 0 radical (unpaired) electrons. The van der Waals surface area contributed by atoms with Crippen LogP contribution in [0.2, 0.25) is 0 Å². The molecule has 0 spiro atoms. The fourth-order valence-corrected chi connectivity index (χ4v) is 2.38. The van der Waals surface area contributed by atoms with Crippen molar-refractivity contribution in [3.63, 3.8) is 0 Å². The van der Waals surface area contributed by atoms with Gasteiger partial charge in [0.05, 0.1) is 17.5 Å². The van der Waals surface area contributed by atoms with Gasteiger partial charge in [-0.15, -0.1) is 0 Å². The average molecular weight is 295 g/mol. The minimum Gasteiger partial charge on any atom is -0.389 e. The van der Waals surface area contributed by atoms with E-state index < -0.39 is 15.9 Å². The van der Waals surface area contributed by atoms with Crippen LogP contribution in [-0.4, -0.2) is 42.2 Å². The number of aliphatic hydroxyl groups excluding tert-OH is 1. The van der Waals surface area contributed by atoms with Crippen molar-refractivity contribution < 1.29 is 13.5 Å². The molecule has 0 fully saturated rings. The summed E-state index contributed by atoms with van der Waals surface area (Å²) in [6, 6.07) is 8.23. The highest BCUT2D eigenvalue weighted by Crippen LogP contribution is 2.13. The smallest absolute Gasteiger partial charge is 0.175 e. The number of anilines is 1. The number of benzene rings is 1. The van der Waals surface area contributed by atoms with Crippen molar-refractivity contribution in [2.45, 2.75) is 17.5 Å². The Morgan fingerprint density at radius 2 is 2.05 bits per heavy atom. The van der Waals surface area contributed by atoms with Crippen molar-refractivity contribution in [3.05, 3.63) is 42.7 Å². The standard InChI is InChI=1S/C13H17N3O3S/c1-20(18,19)13-5-3-11(4-6-13)14-9-12(17)10-16-8-2-7-15-16/h2-8,12,14,17H,9-10H2,1H3. The van der Waals surface area contributed by atoms with Gasteiger partial charge in [-0.3, -0.25) is 4.68 Å². The quantitative estimate of drug-likeness (QED) is 0.822. The van der Waals surface area contributed by atoms with E-state index in [9.17, 15) is 13.5 Å². The molecule has 0 aliphatic carbocycles. The number of aliphatic hydroxyl groups is 1.